The minimum absolute atomic E-state index is 0.0954. The van der Waals surface area contributed by atoms with Crippen LogP contribution in [0.1, 0.15) is 6.92 Å². The maximum absolute atomic E-state index is 12.0. The second kappa shape index (κ2) is 5.91. The molecule has 1 amide bonds. The number of hydrogen-bond acceptors (Lipinski definition) is 5. The molecule has 2 N–H and O–H groups in total. The SMILES string of the molecule is CCn1cc(NC(=O)C2CNC(C#N)S2)ccc1=O. The van der Waals surface area contributed by atoms with Crippen molar-refractivity contribution >= 4 is 23.4 Å². The molecule has 0 saturated carbocycles. The molecular formula is C12H14N4O2S. The van der Waals surface area contributed by atoms with E-state index < -0.39 is 0 Å². The van der Waals surface area contributed by atoms with Gasteiger partial charge < -0.3 is 9.88 Å². The summed E-state index contributed by atoms with van der Waals surface area (Å²) in [5.74, 6) is -0.156. The molecule has 6 nitrogen and oxygen atoms in total. The fraction of sp³-hybridized carbons (Fsp3) is 0.417. The standard InChI is InChI=1S/C12H14N4O2S/c1-2-16-7-8(3-4-11(16)17)15-12(18)9-6-14-10(5-13)19-9/h3-4,7,9-10,14H,2,6H2,1H3,(H,15,18). The summed E-state index contributed by atoms with van der Waals surface area (Å²) in [6, 6.07) is 5.08. The number of aryl methyl sites for hydroxylation is 1. The molecule has 1 aromatic heterocycles. The first-order valence-electron chi connectivity index (χ1n) is 5.94. The van der Waals surface area contributed by atoms with Gasteiger partial charge >= 0.3 is 0 Å². The number of anilines is 1. The van der Waals surface area contributed by atoms with Gasteiger partial charge in [-0.25, -0.2) is 0 Å². The number of aromatic nitrogens is 1. The molecule has 2 atom stereocenters. The Labute approximate surface area is 114 Å². The van der Waals surface area contributed by atoms with E-state index >= 15 is 0 Å². The molecule has 1 saturated heterocycles. The highest BCUT2D eigenvalue weighted by Crippen LogP contribution is 2.22. The number of pyridine rings is 1. The summed E-state index contributed by atoms with van der Waals surface area (Å²) < 4.78 is 1.52. The maximum atomic E-state index is 12.0. The van der Waals surface area contributed by atoms with Gasteiger partial charge in [-0.2, -0.15) is 5.26 Å². The van der Waals surface area contributed by atoms with Crippen molar-refractivity contribution in [1.29, 1.82) is 5.26 Å². The molecule has 0 aromatic carbocycles. The van der Waals surface area contributed by atoms with Crippen LogP contribution in [-0.4, -0.2) is 27.6 Å². The highest BCUT2D eigenvalue weighted by atomic mass is 32.2. The van der Waals surface area contributed by atoms with Crippen LogP contribution >= 0.6 is 11.8 Å². The fourth-order valence-corrected chi connectivity index (χ4v) is 2.74. The van der Waals surface area contributed by atoms with Crippen molar-refractivity contribution in [1.82, 2.24) is 9.88 Å². The van der Waals surface area contributed by atoms with E-state index in [1.165, 1.54) is 22.4 Å². The van der Waals surface area contributed by atoms with E-state index in [4.69, 9.17) is 5.26 Å². The van der Waals surface area contributed by atoms with Crippen LogP contribution < -0.4 is 16.2 Å². The van der Waals surface area contributed by atoms with Crippen LogP contribution in [0.25, 0.3) is 0 Å². The predicted molar refractivity (Wildman–Crippen MR) is 73.8 cm³/mol. The first-order chi connectivity index (χ1) is 9.13. The van der Waals surface area contributed by atoms with Gasteiger partial charge in [-0.05, 0) is 13.0 Å². The Kier molecular flexibility index (Phi) is 4.24. The number of carbonyl (C=O) groups is 1. The molecular weight excluding hydrogens is 264 g/mol. The van der Waals surface area contributed by atoms with Gasteiger partial charge in [-0.15, -0.1) is 11.8 Å². The van der Waals surface area contributed by atoms with E-state index in [0.717, 1.165) is 0 Å². The second-order valence-corrected chi connectivity index (χ2v) is 5.39. The predicted octanol–water partition coefficient (Wildman–Crippen LogP) is 0.361. The number of hydrogen-bond donors (Lipinski definition) is 2. The highest BCUT2D eigenvalue weighted by molar-refractivity contribution is 8.01. The zero-order chi connectivity index (χ0) is 13.8. The van der Waals surface area contributed by atoms with Crippen LogP contribution in [0.4, 0.5) is 5.69 Å². The molecule has 0 radical (unpaired) electrons. The van der Waals surface area contributed by atoms with Crippen molar-refractivity contribution < 1.29 is 4.79 Å². The fourth-order valence-electron chi connectivity index (χ4n) is 1.78. The molecule has 0 bridgehead atoms. The third-order valence-electron chi connectivity index (χ3n) is 2.79. The first kappa shape index (κ1) is 13.6. The van der Waals surface area contributed by atoms with Crippen molar-refractivity contribution in [3.05, 3.63) is 28.7 Å². The van der Waals surface area contributed by atoms with Gasteiger partial charge in [0.2, 0.25) is 5.91 Å². The zero-order valence-electron chi connectivity index (χ0n) is 10.4. The number of nitriles is 1. The Bertz CT molecular complexity index is 578. The van der Waals surface area contributed by atoms with Crippen LogP contribution in [-0.2, 0) is 11.3 Å². The number of rotatable bonds is 3. The molecule has 0 spiro atoms. The molecule has 100 valence electrons. The summed E-state index contributed by atoms with van der Waals surface area (Å²) in [6.07, 6.45) is 1.62. The van der Waals surface area contributed by atoms with Crippen LogP contribution in [0, 0.1) is 11.3 Å². The summed E-state index contributed by atoms with van der Waals surface area (Å²) in [7, 11) is 0. The van der Waals surface area contributed by atoms with Gasteiger partial charge in [-0.1, -0.05) is 0 Å². The molecule has 1 aliphatic rings. The molecule has 2 heterocycles. The first-order valence-corrected chi connectivity index (χ1v) is 6.88. The minimum Gasteiger partial charge on any atom is -0.324 e. The lowest BCUT2D eigenvalue weighted by atomic mass is 10.3. The highest BCUT2D eigenvalue weighted by Gasteiger charge is 2.30. The van der Waals surface area contributed by atoms with Crippen LogP contribution in [0.15, 0.2) is 23.1 Å². The van der Waals surface area contributed by atoms with E-state index in [1.54, 1.807) is 12.3 Å². The Morgan fingerprint density at radius 3 is 3.11 bits per heavy atom. The monoisotopic (exact) mass is 278 g/mol. The lowest BCUT2D eigenvalue weighted by molar-refractivity contribution is -0.115. The van der Waals surface area contributed by atoms with Gasteiger partial charge in [-0.3, -0.25) is 14.9 Å². The van der Waals surface area contributed by atoms with E-state index in [0.29, 0.717) is 18.8 Å². The molecule has 7 heteroatoms. The number of carbonyl (C=O) groups excluding carboxylic acids is 1. The molecule has 2 unspecified atom stereocenters. The molecule has 19 heavy (non-hydrogen) atoms. The summed E-state index contributed by atoms with van der Waals surface area (Å²) in [6.45, 7) is 2.89. The van der Waals surface area contributed by atoms with Crippen molar-refractivity contribution in [3.8, 4) is 6.07 Å². The summed E-state index contributed by atoms with van der Waals surface area (Å²) in [5.41, 5.74) is 0.495. The van der Waals surface area contributed by atoms with Crippen molar-refractivity contribution in [3.63, 3.8) is 0 Å². The van der Waals surface area contributed by atoms with Gasteiger partial charge in [0.25, 0.3) is 5.56 Å². The van der Waals surface area contributed by atoms with Crippen LogP contribution in [0.2, 0.25) is 0 Å². The van der Waals surface area contributed by atoms with E-state index in [-0.39, 0.29) is 22.1 Å². The Balaban J connectivity index is 2.04. The number of nitrogens with one attached hydrogen (secondary N) is 2. The second-order valence-electron chi connectivity index (χ2n) is 4.07. The number of thioether (sulfide) groups is 1. The third-order valence-corrected chi connectivity index (χ3v) is 4.04. The van der Waals surface area contributed by atoms with E-state index in [1.807, 2.05) is 6.92 Å². The third kappa shape index (κ3) is 3.16. The topological polar surface area (TPSA) is 86.9 Å². The van der Waals surface area contributed by atoms with Gasteiger partial charge in [0.05, 0.1) is 17.0 Å². The quantitative estimate of drug-likeness (QED) is 0.833. The van der Waals surface area contributed by atoms with Gasteiger partial charge in [0.15, 0.2) is 0 Å². The molecule has 1 fully saturated rings. The summed E-state index contributed by atoms with van der Waals surface area (Å²) >= 11 is 1.30. The smallest absolute Gasteiger partial charge is 0.250 e. The van der Waals surface area contributed by atoms with Crippen molar-refractivity contribution in [2.75, 3.05) is 11.9 Å². The maximum Gasteiger partial charge on any atom is 0.250 e. The Hall–Kier alpha value is -1.78. The molecule has 2 rings (SSSR count). The molecule has 1 aliphatic heterocycles. The van der Waals surface area contributed by atoms with E-state index in [9.17, 15) is 9.59 Å². The largest absolute Gasteiger partial charge is 0.324 e. The lowest BCUT2D eigenvalue weighted by Gasteiger charge is -2.10. The average molecular weight is 278 g/mol. The van der Waals surface area contributed by atoms with E-state index in [2.05, 4.69) is 16.7 Å². The number of nitrogens with zero attached hydrogens (tertiary/aromatic N) is 2. The van der Waals surface area contributed by atoms with Crippen molar-refractivity contribution in [2.24, 2.45) is 0 Å². The lowest BCUT2D eigenvalue weighted by Crippen LogP contribution is -2.29. The average Bonchev–Trinajstić information content (AvgIpc) is 2.90. The van der Waals surface area contributed by atoms with Crippen LogP contribution in [0.5, 0.6) is 0 Å². The molecule has 0 aliphatic carbocycles. The Morgan fingerprint density at radius 2 is 2.47 bits per heavy atom. The van der Waals surface area contributed by atoms with Crippen molar-refractivity contribution in [2.45, 2.75) is 24.1 Å². The normalized spacial score (nSPS) is 21.9. The zero-order valence-corrected chi connectivity index (χ0v) is 11.2. The minimum atomic E-state index is -0.333. The van der Waals surface area contributed by atoms with Gasteiger partial charge in [0.1, 0.15) is 5.37 Å². The summed E-state index contributed by atoms with van der Waals surface area (Å²) in [5, 5.41) is 13.8. The molecule has 1 aromatic rings. The Morgan fingerprint density at radius 1 is 1.68 bits per heavy atom. The van der Waals surface area contributed by atoms with Gasteiger partial charge in [0, 0.05) is 25.4 Å². The van der Waals surface area contributed by atoms with Crippen LogP contribution in [0.3, 0.4) is 0 Å². The number of amides is 1. The summed E-state index contributed by atoms with van der Waals surface area (Å²) in [4.78, 5) is 23.4.